The first-order chi connectivity index (χ1) is 18.4. The number of rotatable bonds is 12. The van der Waals surface area contributed by atoms with Gasteiger partial charge in [0.25, 0.3) is 11.8 Å². The Labute approximate surface area is 223 Å². The molecule has 3 rings (SSSR count). The quantitative estimate of drug-likeness (QED) is 0.319. The van der Waals surface area contributed by atoms with Gasteiger partial charge in [-0.1, -0.05) is 0 Å². The molecule has 1 aliphatic rings. The highest BCUT2D eigenvalue weighted by Gasteiger charge is 2.16. The van der Waals surface area contributed by atoms with E-state index in [1.165, 1.54) is 14.2 Å². The van der Waals surface area contributed by atoms with Crippen molar-refractivity contribution in [1.29, 1.82) is 0 Å². The van der Waals surface area contributed by atoms with Crippen molar-refractivity contribution in [1.82, 2.24) is 20.4 Å². The maximum atomic E-state index is 12.3. The Bertz CT molecular complexity index is 992. The van der Waals surface area contributed by atoms with Crippen molar-refractivity contribution in [3.05, 3.63) is 70.8 Å². The molecule has 204 valence electrons. The van der Waals surface area contributed by atoms with E-state index in [1.807, 2.05) is 0 Å². The smallest absolute Gasteiger partial charge is 0.337 e. The third-order valence-corrected chi connectivity index (χ3v) is 6.47. The zero-order valence-electron chi connectivity index (χ0n) is 22.0. The number of carbonyl (C=O) groups is 4. The van der Waals surface area contributed by atoms with Crippen LogP contribution in [0.1, 0.15) is 54.3 Å². The van der Waals surface area contributed by atoms with Gasteiger partial charge in [0.2, 0.25) is 0 Å². The number of nitrogens with zero attached hydrogens (tertiary/aromatic N) is 2. The Kier molecular flexibility index (Phi) is 11.3. The van der Waals surface area contributed by atoms with Gasteiger partial charge in [-0.15, -0.1) is 0 Å². The molecule has 38 heavy (non-hydrogen) atoms. The molecule has 0 unspecified atom stereocenters. The zero-order valence-corrected chi connectivity index (χ0v) is 22.0. The molecule has 1 aliphatic heterocycles. The standard InChI is InChI=1S/C28H36N4O6/c1-37-27(35)23-9-5-21(6-10-23)25(33)29-13-3-15-31-17-19-32(20-18-31)16-4-14-30-26(34)22-7-11-24(12-8-22)28(36)38-2/h5-12H,3-4,13-20H2,1-2H3,(H,29,33)(H,30,34). The van der Waals surface area contributed by atoms with Gasteiger partial charge in [0.15, 0.2) is 0 Å². The maximum Gasteiger partial charge on any atom is 0.337 e. The molecule has 2 aromatic rings. The van der Waals surface area contributed by atoms with Gasteiger partial charge in [0.05, 0.1) is 25.3 Å². The molecular formula is C28H36N4O6. The van der Waals surface area contributed by atoms with Crippen LogP contribution >= 0.6 is 0 Å². The van der Waals surface area contributed by atoms with E-state index in [9.17, 15) is 19.2 Å². The van der Waals surface area contributed by atoms with Crippen molar-refractivity contribution in [3.8, 4) is 0 Å². The molecule has 0 radical (unpaired) electrons. The number of benzene rings is 2. The molecule has 0 aliphatic carbocycles. The number of piperazine rings is 1. The first kappa shape index (κ1) is 28.8. The van der Waals surface area contributed by atoms with Gasteiger partial charge in [-0.2, -0.15) is 0 Å². The number of hydrogen-bond acceptors (Lipinski definition) is 8. The monoisotopic (exact) mass is 524 g/mol. The summed E-state index contributed by atoms with van der Waals surface area (Å²) in [5.74, 6) is -1.16. The van der Waals surface area contributed by atoms with Crippen molar-refractivity contribution in [2.75, 3.05) is 66.6 Å². The summed E-state index contributed by atoms with van der Waals surface area (Å²) in [7, 11) is 2.65. The molecule has 1 heterocycles. The van der Waals surface area contributed by atoms with Gasteiger partial charge in [0, 0.05) is 50.4 Å². The van der Waals surface area contributed by atoms with Gasteiger partial charge in [-0.05, 0) is 74.5 Å². The van der Waals surface area contributed by atoms with Crippen LogP contribution in [-0.4, -0.2) is 100 Å². The lowest BCUT2D eigenvalue weighted by Crippen LogP contribution is -2.47. The van der Waals surface area contributed by atoms with E-state index < -0.39 is 11.9 Å². The predicted molar refractivity (Wildman–Crippen MR) is 142 cm³/mol. The summed E-state index contributed by atoms with van der Waals surface area (Å²) in [5, 5.41) is 5.86. The second-order valence-electron chi connectivity index (χ2n) is 9.04. The van der Waals surface area contributed by atoms with Crippen LogP contribution in [0.5, 0.6) is 0 Å². The molecule has 2 N–H and O–H groups in total. The lowest BCUT2D eigenvalue weighted by atomic mass is 10.1. The Morgan fingerprint density at radius 1 is 0.605 bits per heavy atom. The van der Waals surface area contributed by atoms with E-state index in [2.05, 4.69) is 29.9 Å². The van der Waals surface area contributed by atoms with Crippen LogP contribution < -0.4 is 10.6 Å². The lowest BCUT2D eigenvalue weighted by molar-refractivity contribution is 0.0592. The number of hydrogen-bond donors (Lipinski definition) is 2. The summed E-state index contributed by atoms with van der Waals surface area (Å²) in [6.45, 7) is 6.90. The highest BCUT2D eigenvalue weighted by atomic mass is 16.5. The first-order valence-corrected chi connectivity index (χ1v) is 12.8. The number of carbonyl (C=O) groups excluding carboxylic acids is 4. The van der Waals surface area contributed by atoms with Crippen LogP contribution in [0, 0.1) is 0 Å². The zero-order chi connectivity index (χ0) is 27.3. The van der Waals surface area contributed by atoms with Gasteiger partial charge in [-0.3, -0.25) is 9.59 Å². The lowest BCUT2D eigenvalue weighted by Gasteiger charge is -2.34. The third-order valence-electron chi connectivity index (χ3n) is 6.47. The van der Waals surface area contributed by atoms with Crippen LogP contribution in [0.25, 0.3) is 0 Å². The minimum atomic E-state index is -0.426. The van der Waals surface area contributed by atoms with E-state index in [4.69, 9.17) is 0 Å². The van der Waals surface area contributed by atoms with Crippen molar-refractivity contribution in [3.63, 3.8) is 0 Å². The van der Waals surface area contributed by atoms with Crippen LogP contribution in [-0.2, 0) is 9.47 Å². The van der Waals surface area contributed by atoms with Gasteiger partial charge in [-0.25, -0.2) is 9.59 Å². The first-order valence-electron chi connectivity index (χ1n) is 12.8. The summed E-state index contributed by atoms with van der Waals surface area (Å²) in [6, 6.07) is 12.8. The summed E-state index contributed by atoms with van der Waals surface area (Å²) < 4.78 is 9.33. The predicted octanol–water partition coefficient (Wildman–Crippen LogP) is 1.82. The number of methoxy groups -OCH3 is 2. The largest absolute Gasteiger partial charge is 0.465 e. The molecule has 10 heteroatoms. The van der Waals surface area contributed by atoms with E-state index >= 15 is 0 Å². The second kappa shape index (κ2) is 14.8. The highest BCUT2D eigenvalue weighted by molar-refractivity contribution is 5.96. The van der Waals surface area contributed by atoms with Gasteiger partial charge >= 0.3 is 11.9 Å². The molecule has 0 spiro atoms. The fourth-order valence-corrected chi connectivity index (χ4v) is 4.20. The van der Waals surface area contributed by atoms with Crippen molar-refractivity contribution in [2.45, 2.75) is 12.8 Å². The summed E-state index contributed by atoms with van der Waals surface area (Å²) >= 11 is 0. The van der Waals surface area contributed by atoms with Crippen LogP contribution in [0.4, 0.5) is 0 Å². The van der Waals surface area contributed by atoms with E-state index in [-0.39, 0.29) is 11.8 Å². The number of ether oxygens (including phenoxy) is 2. The van der Waals surface area contributed by atoms with E-state index in [1.54, 1.807) is 48.5 Å². The molecule has 2 amide bonds. The fourth-order valence-electron chi connectivity index (χ4n) is 4.20. The fraction of sp³-hybridized carbons (Fsp3) is 0.429. The molecule has 0 saturated carbocycles. The minimum absolute atomic E-state index is 0.156. The third kappa shape index (κ3) is 8.67. The van der Waals surface area contributed by atoms with Crippen LogP contribution in [0.3, 0.4) is 0 Å². The number of amides is 2. The second-order valence-corrected chi connectivity index (χ2v) is 9.04. The Morgan fingerprint density at radius 2 is 0.921 bits per heavy atom. The van der Waals surface area contributed by atoms with Crippen molar-refractivity contribution in [2.24, 2.45) is 0 Å². The SMILES string of the molecule is COC(=O)c1ccc(C(=O)NCCCN2CCN(CCCNC(=O)c3ccc(C(=O)OC)cc3)CC2)cc1. The molecule has 10 nitrogen and oxygen atoms in total. The van der Waals surface area contributed by atoms with E-state index in [0.29, 0.717) is 35.3 Å². The topological polar surface area (TPSA) is 117 Å². The minimum Gasteiger partial charge on any atom is -0.465 e. The Hall–Kier alpha value is -3.76. The molecule has 1 saturated heterocycles. The van der Waals surface area contributed by atoms with Crippen molar-refractivity contribution >= 4 is 23.8 Å². The average molecular weight is 525 g/mol. The number of esters is 2. The summed E-state index contributed by atoms with van der Waals surface area (Å²) in [5.41, 5.74) is 1.85. The van der Waals surface area contributed by atoms with Gasteiger partial charge < -0.3 is 29.9 Å². The Morgan fingerprint density at radius 3 is 1.24 bits per heavy atom. The highest BCUT2D eigenvalue weighted by Crippen LogP contribution is 2.08. The van der Waals surface area contributed by atoms with E-state index in [0.717, 1.165) is 52.1 Å². The molecular weight excluding hydrogens is 488 g/mol. The van der Waals surface area contributed by atoms with Gasteiger partial charge in [0.1, 0.15) is 0 Å². The normalized spacial score (nSPS) is 13.9. The Balaban J connectivity index is 1.24. The number of nitrogens with one attached hydrogen (secondary N) is 2. The summed E-state index contributed by atoms with van der Waals surface area (Å²) in [6.07, 6.45) is 1.72. The molecule has 2 aromatic carbocycles. The van der Waals surface area contributed by atoms with Crippen molar-refractivity contribution < 1.29 is 28.7 Å². The average Bonchev–Trinajstić information content (AvgIpc) is 2.97. The molecule has 0 aromatic heterocycles. The summed E-state index contributed by atoms with van der Waals surface area (Å²) in [4.78, 5) is 52.4. The van der Waals surface area contributed by atoms with Crippen LogP contribution in [0.2, 0.25) is 0 Å². The van der Waals surface area contributed by atoms with Crippen LogP contribution in [0.15, 0.2) is 48.5 Å². The molecule has 0 atom stereocenters. The maximum absolute atomic E-state index is 12.3. The molecule has 0 bridgehead atoms. The molecule has 1 fully saturated rings.